The van der Waals surface area contributed by atoms with Crippen molar-refractivity contribution in [2.75, 3.05) is 6.54 Å². The minimum absolute atomic E-state index is 0.0151. The number of nitrogens with zero attached hydrogens (tertiary/aromatic N) is 1. The zero-order valence-corrected chi connectivity index (χ0v) is 15.9. The molecule has 2 unspecified atom stereocenters. The number of carbonyl (C=O) groups is 2. The number of pyridine rings is 1. The van der Waals surface area contributed by atoms with Gasteiger partial charge in [0.15, 0.2) is 0 Å². The Labute approximate surface area is 155 Å². The Kier molecular flexibility index (Phi) is 7.57. The number of hydrogen-bond donors (Lipinski definition) is 2. The largest absolute Gasteiger partial charge is 0.356 e. The van der Waals surface area contributed by atoms with Crippen LogP contribution in [0.2, 0.25) is 0 Å². The third kappa shape index (κ3) is 6.47. The molecule has 0 saturated carbocycles. The van der Waals surface area contributed by atoms with Crippen molar-refractivity contribution in [3.63, 3.8) is 0 Å². The highest BCUT2D eigenvalue weighted by atomic mass is 16.2. The van der Waals surface area contributed by atoms with E-state index >= 15 is 0 Å². The third-order valence-corrected chi connectivity index (χ3v) is 4.57. The van der Waals surface area contributed by atoms with E-state index in [2.05, 4.69) is 29.5 Å². The standard InChI is InChI=1S/C21H29N3O2/c1-4-15(2)12-20(25)23-11-9-16(3)24-21(26)14-17-7-8-18-6-5-10-22-19(18)13-17/h5-8,10,13,15-16H,4,9,11-12,14H2,1-3H3,(H,23,25)(H,24,26). The predicted molar refractivity (Wildman–Crippen MR) is 105 cm³/mol. The molecule has 2 N–H and O–H groups in total. The zero-order valence-electron chi connectivity index (χ0n) is 15.9. The van der Waals surface area contributed by atoms with E-state index in [0.29, 0.717) is 25.3 Å². The maximum absolute atomic E-state index is 12.2. The summed E-state index contributed by atoms with van der Waals surface area (Å²) in [5, 5.41) is 6.98. The summed E-state index contributed by atoms with van der Waals surface area (Å²) in [4.78, 5) is 28.3. The number of benzene rings is 1. The number of amides is 2. The van der Waals surface area contributed by atoms with E-state index in [4.69, 9.17) is 0 Å². The van der Waals surface area contributed by atoms with Gasteiger partial charge in [-0.1, -0.05) is 38.5 Å². The highest BCUT2D eigenvalue weighted by Crippen LogP contribution is 2.13. The van der Waals surface area contributed by atoms with Crippen LogP contribution in [0.25, 0.3) is 10.9 Å². The molecule has 0 spiro atoms. The maximum Gasteiger partial charge on any atom is 0.224 e. The Hall–Kier alpha value is -2.43. The van der Waals surface area contributed by atoms with Crippen LogP contribution in [0.1, 0.15) is 45.6 Å². The van der Waals surface area contributed by atoms with Crippen LogP contribution >= 0.6 is 0 Å². The minimum atomic E-state index is -0.0151. The Morgan fingerprint density at radius 3 is 2.73 bits per heavy atom. The average Bonchev–Trinajstić information content (AvgIpc) is 2.61. The summed E-state index contributed by atoms with van der Waals surface area (Å²) in [5.41, 5.74) is 1.85. The Bertz CT molecular complexity index is 745. The van der Waals surface area contributed by atoms with Crippen LogP contribution in [0.4, 0.5) is 0 Å². The van der Waals surface area contributed by atoms with E-state index in [9.17, 15) is 9.59 Å². The zero-order chi connectivity index (χ0) is 18.9. The van der Waals surface area contributed by atoms with Gasteiger partial charge in [-0.3, -0.25) is 14.6 Å². The molecule has 0 aliphatic carbocycles. The SMILES string of the molecule is CCC(C)CC(=O)NCCC(C)NC(=O)Cc1ccc2cccnc2c1. The normalized spacial score (nSPS) is 13.2. The molecule has 2 rings (SSSR count). The number of nitrogens with one attached hydrogen (secondary N) is 2. The molecule has 2 aromatic rings. The van der Waals surface area contributed by atoms with Gasteiger partial charge in [-0.25, -0.2) is 0 Å². The van der Waals surface area contributed by atoms with Crippen LogP contribution in [0.15, 0.2) is 36.5 Å². The van der Waals surface area contributed by atoms with E-state index in [1.165, 1.54) is 0 Å². The summed E-state index contributed by atoms with van der Waals surface area (Å²) in [6, 6.07) is 9.83. The van der Waals surface area contributed by atoms with Gasteiger partial charge < -0.3 is 10.6 Å². The lowest BCUT2D eigenvalue weighted by Gasteiger charge is -2.15. The van der Waals surface area contributed by atoms with Crippen LogP contribution in [-0.4, -0.2) is 29.4 Å². The summed E-state index contributed by atoms with van der Waals surface area (Å²) < 4.78 is 0. The van der Waals surface area contributed by atoms with Crippen molar-refractivity contribution >= 4 is 22.7 Å². The second-order valence-corrected chi connectivity index (χ2v) is 7.03. The average molecular weight is 355 g/mol. The van der Waals surface area contributed by atoms with Crippen molar-refractivity contribution in [3.05, 3.63) is 42.1 Å². The quantitative estimate of drug-likeness (QED) is 0.725. The molecule has 0 aliphatic rings. The van der Waals surface area contributed by atoms with Gasteiger partial charge in [0, 0.05) is 30.6 Å². The van der Waals surface area contributed by atoms with E-state index in [0.717, 1.165) is 29.3 Å². The van der Waals surface area contributed by atoms with Crippen LogP contribution < -0.4 is 10.6 Å². The minimum Gasteiger partial charge on any atom is -0.356 e. The molecule has 0 aliphatic heterocycles. The van der Waals surface area contributed by atoms with Gasteiger partial charge >= 0.3 is 0 Å². The summed E-state index contributed by atoms with van der Waals surface area (Å²) in [7, 11) is 0. The van der Waals surface area contributed by atoms with Gasteiger partial charge in [-0.15, -0.1) is 0 Å². The molecule has 1 heterocycles. The van der Waals surface area contributed by atoms with E-state index in [1.54, 1.807) is 6.20 Å². The molecule has 0 radical (unpaired) electrons. The molecule has 2 amide bonds. The molecule has 1 aromatic heterocycles. The molecular weight excluding hydrogens is 326 g/mol. The van der Waals surface area contributed by atoms with Gasteiger partial charge in [0.05, 0.1) is 11.9 Å². The third-order valence-electron chi connectivity index (χ3n) is 4.57. The molecule has 0 bridgehead atoms. The Morgan fingerprint density at radius 2 is 1.96 bits per heavy atom. The van der Waals surface area contributed by atoms with Crippen molar-refractivity contribution in [1.29, 1.82) is 0 Å². The van der Waals surface area contributed by atoms with E-state index in [1.807, 2.05) is 37.3 Å². The van der Waals surface area contributed by atoms with Crippen LogP contribution in [0.3, 0.4) is 0 Å². The van der Waals surface area contributed by atoms with E-state index < -0.39 is 0 Å². The molecule has 0 saturated heterocycles. The molecule has 1 aromatic carbocycles. The summed E-state index contributed by atoms with van der Waals surface area (Å²) in [6.45, 7) is 6.70. The molecule has 2 atom stereocenters. The number of carbonyl (C=O) groups excluding carboxylic acids is 2. The van der Waals surface area contributed by atoms with Crippen LogP contribution in [-0.2, 0) is 16.0 Å². The van der Waals surface area contributed by atoms with Gasteiger partial charge in [-0.05, 0) is 37.0 Å². The van der Waals surface area contributed by atoms with Gasteiger partial charge in [0.25, 0.3) is 0 Å². The topological polar surface area (TPSA) is 71.1 Å². The molecular formula is C21H29N3O2. The molecule has 0 fully saturated rings. The van der Waals surface area contributed by atoms with Gasteiger partial charge in [0.2, 0.25) is 11.8 Å². The molecule has 5 nitrogen and oxygen atoms in total. The lowest BCUT2D eigenvalue weighted by atomic mass is 10.1. The fourth-order valence-electron chi connectivity index (χ4n) is 2.77. The highest BCUT2D eigenvalue weighted by molar-refractivity contribution is 5.83. The van der Waals surface area contributed by atoms with Crippen LogP contribution in [0, 0.1) is 5.92 Å². The number of hydrogen-bond acceptors (Lipinski definition) is 3. The second-order valence-electron chi connectivity index (χ2n) is 7.03. The van der Waals surface area contributed by atoms with Crippen molar-refractivity contribution in [2.24, 2.45) is 5.92 Å². The summed E-state index contributed by atoms with van der Waals surface area (Å²) in [6.07, 6.45) is 4.37. The highest BCUT2D eigenvalue weighted by Gasteiger charge is 2.10. The first kappa shape index (κ1) is 19.9. The summed E-state index contributed by atoms with van der Waals surface area (Å²) in [5.74, 6) is 0.476. The van der Waals surface area contributed by atoms with Crippen molar-refractivity contribution in [1.82, 2.24) is 15.6 Å². The fraction of sp³-hybridized carbons (Fsp3) is 0.476. The molecule has 5 heteroatoms. The predicted octanol–water partition coefficient (Wildman–Crippen LogP) is 3.22. The second kappa shape index (κ2) is 9.90. The van der Waals surface area contributed by atoms with Crippen molar-refractivity contribution < 1.29 is 9.59 Å². The first-order chi connectivity index (χ1) is 12.5. The number of rotatable bonds is 9. The van der Waals surface area contributed by atoms with Crippen LogP contribution in [0.5, 0.6) is 0 Å². The van der Waals surface area contributed by atoms with Crippen molar-refractivity contribution in [2.45, 2.75) is 52.5 Å². The number of aromatic nitrogens is 1. The monoisotopic (exact) mass is 355 g/mol. The van der Waals surface area contributed by atoms with Crippen molar-refractivity contribution in [3.8, 4) is 0 Å². The van der Waals surface area contributed by atoms with E-state index in [-0.39, 0.29) is 17.9 Å². The smallest absolute Gasteiger partial charge is 0.224 e. The first-order valence-electron chi connectivity index (χ1n) is 9.37. The Morgan fingerprint density at radius 1 is 1.15 bits per heavy atom. The molecule has 26 heavy (non-hydrogen) atoms. The summed E-state index contributed by atoms with van der Waals surface area (Å²) >= 11 is 0. The fourth-order valence-corrected chi connectivity index (χ4v) is 2.77. The maximum atomic E-state index is 12.2. The first-order valence-corrected chi connectivity index (χ1v) is 9.37. The lowest BCUT2D eigenvalue weighted by Crippen LogP contribution is -2.37. The van der Waals surface area contributed by atoms with Gasteiger partial charge in [-0.2, -0.15) is 0 Å². The Balaban J connectivity index is 1.73. The molecule has 140 valence electrons. The lowest BCUT2D eigenvalue weighted by molar-refractivity contribution is -0.122. The number of fused-ring (bicyclic) bond motifs is 1. The van der Waals surface area contributed by atoms with Gasteiger partial charge in [0.1, 0.15) is 0 Å².